The molecule has 1 aliphatic rings. The lowest BCUT2D eigenvalue weighted by molar-refractivity contribution is 0.220. The topological polar surface area (TPSA) is 59.9 Å². The Morgan fingerprint density at radius 3 is 2.50 bits per heavy atom. The molecular weight excluding hydrogens is 348 g/mol. The molecule has 1 aromatic rings. The van der Waals surface area contributed by atoms with Gasteiger partial charge in [-0.1, -0.05) is 44.0 Å². The van der Waals surface area contributed by atoms with Gasteiger partial charge in [-0.15, -0.1) is 0 Å². The quantitative estimate of drug-likeness (QED) is 0.401. The van der Waals surface area contributed by atoms with E-state index in [1.165, 1.54) is 43.5 Å². The Morgan fingerprint density at radius 2 is 1.82 bits per heavy atom. The Hall–Kier alpha value is -1.59. The fourth-order valence-corrected chi connectivity index (χ4v) is 3.91. The number of benzene rings is 1. The van der Waals surface area contributed by atoms with Gasteiger partial charge in [0.25, 0.3) is 0 Å². The molecule has 1 aliphatic heterocycles. The summed E-state index contributed by atoms with van der Waals surface area (Å²) in [6.07, 6.45) is 7.13. The van der Waals surface area contributed by atoms with Crippen molar-refractivity contribution < 1.29 is 5.11 Å². The van der Waals surface area contributed by atoms with Crippen LogP contribution in [0.1, 0.15) is 63.5 Å². The van der Waals surface area contributed by atoms with Crippen molar-refractivity contribution in [3.8, 4) is 0 Å². The summed E-state index contributed by atoms with van der Waals surface area (Å²) in [5.41, 5.74) is 2.71. The fraction of sp³-hybridized carbons (Fsp3) is 0.696. The van der Waals surface area contributed by atoms with Crippen LogP contribution in [0.15, 0.2) is 29.3 Å². The van der Waals surface area contributed by atoms with Crippen LogP contribution in [0.25, 0.3) is 0 Å². The SMILES string of the molecule is CCCC(CCO)CNC(=NCc1ccccc1CN1CCCCC1)NCC. The molecule has 1 unspecified atom stereocenters. The van der Waals surface area contributed by atoms with E-state index in [9.17, 15) is 5.11 Å². The first-order valence-electron chi connectivity index (χ1n) is 11.2. The molecule has 28 heavy (non-hydrogen) atoms. The predicted molar refractivity (Wildman–Crippen MR) is 118 cm³/mol. The van der Waals surface area contributed by atoms with Gasteiger partial charge < -0.3 is 15.7 Å². The molecule has 3 N–H and O–H groups in total. The van der Waals surface area contributed by atoms with Crippen LogP contribution in [-0.2, 0) is 13.1 Å². The molecular formula is C23H40N4O. The van der Waals surface area contributed by atoms with Gasteiger partial charge in [-0.25, -0.2) is 4.99 Å². The molecule has 1 aromatic carbocycles. The second-order valence-corrected chi connectivity index (χ2v) is 7.85. The van der Waals surface area contributed by atoms with Gasteiger partial charge in [-0.3, -0.25) is 4.90 Å². The summed E-state index contributed by atoms with van der Waals surface area (Å²) in [5.74, 6) is 1.36. The van der Waals surface area contributed by atoms with E-state index in [1.54, 1.807) is 0 Å². The van der Waals surface area contributed by atoms with E-state index >= 15 is 0 Å². The normalized spacial score (nSPS) is 16.8. The zero-order valence-electron chi connectivity index (χ0n) is 17.9. The summed E-state index contributed by atoms with van der Waals surface area (Å²) in [5, 5.41) is 16.1. The molecule has 0 spiro atoms. The van der Waals surface area contributed by atoms with Gasteiger partial charge in [0.2, 0.25) is 0 Å². The Labute approximate surface area is 171 Å². The minimum Gasteiger partial charge on any atom is -0.396 e. The zero-order valence-corrected chi connectivity index (χ0v) is 17.9. The summed E-state index contributed by atoms with van der Waals surface area (Å²) in [6, 6.07) is 8.71. The minimum absolute atomic E-state index is 0.254. The average molecular weight is 389 g/mol. The van der Waals surface area contributed by atoms with Crippen molar-refractivity contribution in [3.05, 3.63) is 35.4 Å². The van der Waals surface area contributed by atoms with E-state index < -0.39 is 0 Å². The maximum Gasteiger partial charge on any atom is 0.191 e. The number of hydrogen-bond acceptors (Lipinski definition) is 3. The van der Waals surface area contributed by atoms with Crippen LogP contribution in [0.2, 0.25) is 0 Å². The van der Waals surface area contributed by atoms with Crippen molar-refractivity contribution in [1.82, 2.24) is 15.5 Å². The average Bonchev–Trinajstić information content (AvgIpc) is 2.72. The number of nitrogens with zero attached hydrogens (tertiary/aromatic N) is 2. The van der Waals surface area contributed by atoms with Gasteiger partial charge in [0.05, 0.1) is 6.54 Å². The smallest absolute Gasteiger partial charge is 0.191 e. The highest BCUT2D eigenvalue weighted by atomic mass is 16.3. The third-order valence-electron chi connectivity index (χ3n) is 5.51. The van der Waals surface area contributed by atoms with Crippen LogP contribution in [0.4, 0.5) is 0 Å². The lowest BCUT2D eigenvalue weighted by Crippen LogP contribution is -2.40. The number of piperidine rings is 1. The summed E-state index contributed by atoms with van der Waals surface area (Å²) < 4.78 is 0. The standard InChI is InChI=1S/C23H40N4O/c1-3-10-20(13-16-28)17-25-23(24-4-2)26-18-21-11-6-7-12-22(21)19-27-14-8-5-9-15-27/h6-7,11-12,20,28H,3-5,8-10,13-19H2,1-2H3,(H2,24,25,26). The number of nitrogens with one attached hydrogen (secondary N) is 2. The molecule has 1 heterocycles. The Bertz CT molecular complexity index is 563. The number of hydrogen-bond donors (Lipinski definition) is 3. The maximum atomic E-state index is 9.27. The van der Waals surface area contributed by atoms with Gasteiger partial charge in [-0.05, 0) is 62.7 Å². The minimum atomic E-state index is 0.254. The third-order valence-corrected chi connectivity index (χ3v) is 5.51. The van der Waals surface area contributed by atoms with Crippen molar-refractivity contribution in [2.24, 2.45) is 10.9 Å². The maximum absolute atomic E-state index is 9.27. The highest BCUT2D eigenvalue weighted by molar-refractivity contribution is 5.79. The Morgan fingerprint density at radius 1 is 1.07 bits per heavy atom. The largest absolute Gasteiger partial charge is 0.396 e. The summed E-state index contributed by atoms with van der Waals surface area (Å²) in [4.78, 5) is 7.41. The molecule has 158 valence electrons. The first-order valence-corrected chi connectivity index (χ1v) is 11.2. The van der Waals surface area contributed by atoms with Gasteiger partial charge in [0.1, 0.15) is 0 Å². The van der Waals surface area contributed by atoms with Crippen molar-refractivity contribution in [3.63, 3.8) is 0 Å². The van der Waals surface area contributed by atoms with Crippen LogP contribution >= 0.6 is 0 Å². The van der Waals surface area contributed by atoms with E-state index in [-0.39, 0.29) is 6.61 Å². The summed E-state index contributed by atoms with van der Waals surface area (Å²) >= 11 is 0. The van der Waals surface area contributed by atoms with E-state index in [4.69, 9.17) is 4.99 Å². The van der Waals surface area contributed by atoms with Gasteiger partial charge in [0.15, 0.2) is 5.96 Å². The van der Waals surface area contributed by atoms with Gasteiger partial charge in [0, 0.05) is 26.2 Å². The van der Waals surface area contributed by atoms with Gasteiger partial charge >= 0.3 is 0 Å². The number of aliphatic imine (C=N–C) groups is 1. The van der Waals surface area contributed by atoms with Gasteiger partial charge in [-0.2, -0.15) is 0 Å². The summed E-state index contributed by atoms with van der Waals surface area (Å²) in [6.45, 7) is 10.4. The predicted octanol–water partition coefficient (Wildman–Crippen LogP) is 3.53. The number of guanidine groups is 1. The molecule has 0 aliphatic carbocycles. The van der Waals surface area contributed by atoms with Crippen LogP contribution in [0.3, 0.4) is 0 Å². The first kappa shape index (κ1) is 22.7. The van der Waals surface area contributed by atoms with Crippen molar-refractivity contribution in [2.45, 2.75) is 65.5 Å². The highest BCUT2D eigenvalue weighted by Crippen LogP contribution is 2.17. The van der Waals surface area contributed by atoms with Crippen LogP contribution in [-0.4, -0.2) is 48.8 Å². The third kappa shape index (κ3) is 8.19. The van der Waals surface area contributed by atoms with E-state index in [1.807, 2.05) is 0 Å². The molecule has 2 rings (SSSR count). The molecule has 1 saturated heterocycles. The second-order valence-electron chi connectivity index (χ2n) is 7.85. The molecule has 0 aromatic heterocycles. The lowest BCUT2D eigenvalue weighted by Gasteiger charge is -2.27. The molecule has 0 bridgehead atoms. The zero-order chi connectivity index (χ0) is 20.0. The summed E-state index contributed by atoms with van der Waals surface area (Å²) in [7, 11) is 0. The second kappa shape index (κ2) is 13.6. The lowest BCUT2D eigenvalue weighted by atomic mass is 10.0. The number of likely N-dealkylation sites (tertiary alicyclic amines) is 1. The Balaban J connectivity index is 1.97. The number of aliphatic hydroxyl groups is 1. The molecule has 1 fully saturated rings. The van der Waals surface area contributed by atoms with Crippen molar-refractivity contribution in [1.29, 1.82) is 0 Å². The molecule has 5 nitrogen and oxygen atoms in total. The molecule has 5 heteroatoms. The van der Waals surface area contributed by atoms with Crippen LogP contribution in [0, 0.1) is 5.92 Å². The fourth-order valence-electron chi connectivity index (χ4n) is 3.91. The monoisotopic (exact) mass is 388 g/mol. The molecule has 0 amide bonds. The van der Waals surface area contributed by atoms with E-state index in [2.05, 4.69) is 53.6 Å². The van der Waals surface area contributed by atoms with Crippen LogP contribution in [0.5, 0.6) is 0 Å². The molecule has 1 atom stereocenters. The number of rotatable bonds is 11. The van der Waals surface area contributed by atoms with E-state index in [0.29, 0.717) is 12.5 Å². The van der Waals surface area contributed by atoms with Crippen molar-refractivity contribution in [2.75, 3.05) is 32.8 Å². The first-order chi connectivity index (χ1) is 13.8. The molecule has 0 saturated carbocycles. The molecule has 0 radical (unpaired) electrons. The van der Waals surface area contributed by atoms with Crippen molar-refractivity contribution >= 4 is 5.96 Å². The van der Waals surface area contributed by atoms with Crippen LogP contribution < -0.4 is 10.6 Å². The Kier molecular flexibility index (Phi) is 11.0. The number of aliphatic hydroxyl groups excluding tert-OH is 1. The highest BCUT2D eigenvalue weighted by Gasteiger charge is 2.13. The van der Waals surface area contributed by atoms with E-state index in [0.717, 1.165) is 44.9 Å².